The Morgan fingerprint density at radius 2 is 1.89 bits per heavy atom. The van der Waals surface area contributed by atoms with E-state index in [1.54, 1.807) is 19.2 Å². The van der Waals surface area contributed by atoms with Crippen LogP contribution in [0.5, 0.6) is 5.75 Å². The number of carbonyl (C=O) groups is 1. The first kappa shape index (κ1) is 18.3. The molecule has 0 unspecified atom stereocenters. The fraction of sp³-hybridized carbons (Fsp3) is 0.150. The number of nitrogens with zero attached hydrogens (tertiary/aromatic N) is 2. The Morgan fingerprint density at radius 1 is 1.11 bits per heavy atom. The molecule has 0 aliphatic rings. The van der Waals surface area contributed by atoms with Gasteiger partial charge in [-0.3, -0.25) is 9.59 Å². The first-order valence-electron chi connectivity index (χ1n) is 8.29. The van der Waals surface area contributed by atoms with E-state index >= 15 is 0 Å². The van der Waals surface area contributed by atoms with Gasteiger partial charge < -0.3 is 10.1 Å². The average molecular weight is 367 g/mol. The van der Waals surface area contributed by atoms with Crippen LogP contribution in [0.1, 0.15) is 21.6 Å². The van der Waals surface area contributed by atoms with Crippen LogP contribution >= 0.6 is 0 Å². The molecule has 7 heteroatoms. The van der Waals surface area contributed by atoms with Crippen LogP contribution in [0.15, 0.2) is 65.5 Å². The van der Waals surface area contributed by atoms with Crippen molar-refractivity contribution in [3.63, 3.8) is 0 Å². The number of hydrogen-bond donors (Lipinski definition) is 1. The second kappa shape index (κ2) is 8.27. The van der Waals surface area contributed by atoms with Crippen molar-refractivity contribution in [2.45, 2.75) is 13.1 Å². The fourth-order valence-corrected chi connectivity index (χ4v) is 2.55. The molecule has 3 aromatic rings. The van der Waals surface area contributed by atoms with E-state index in [2.05, 4.69) is 10.4 Å². The number of benzene rings is 2. The van der Waals surface area contributed by atoms with Crippen molar-refractivity contribution in [2.75, 3.05) is 7.11 Å². The molecule has 6 nitrogen and oxygen atoms in total. The maximum Gasteiger partial charge on any atom is 0.271 e. The molecule has 3 rings (SSSR count). The van der Waals surface area contributed by atoms with Crippen LogP contribution in [-0.4, -0.2) is 22.8 Å². The third-order valence-electron chi connectivity index (χ3n) is 3.91. The summed E-state index contributed by atoms with van der Waals surface area (Å²) in [5.74, 6) is -0.109. The van der Waals surface area contributed by atoms with Crippen molar-refractivity contribution in [2.24, 2.45) is 0 Å². The van der Waals surface area contributed by atoms with E-state index in [1.807, 2.05) is 24.3 Å². The normalized spacial score (nSPS) is 10.4. The molecule has 1 amide bonds. The molecular weight excluding hydrogens is 349 g/mol. The molecule has 0 bridgehead atoms. The summed E-state index contributed by atoms with van der Waals surface area (Å²) in [6, 6.07) is 15.9. The molecule has 0 aliphatic heterocycles. The topological polar surface area (TPSA) is 73.2 Å². The molecular formula is C20H18FN3O3. The Hall–Kier alpha value is -3.48. The van der Waals surface area contributed by atoms with Crippen molar-refractivity contribution in [3.05, 3.63) is 93.7 Å². The second-order valence-electron chi connectivity index (χ2n) is 5.88. The zero-order chi connectivity index (χ0) is 19.2. The van der Waals surface area contributed by atoms with Crippen LogP contribution < -0.4 is 15.6 Å². The Kier molecular flexibility index (Phi) is 5.61. The Balaban J connectivity index is 1.72. The maximum atomic E-state index is 13.3. The Labute approximate surface area is 155 Å². The minimum Gasteiger partial charge on any atom is -0.497 e. The molecule has 0 radical (unpaired) electrons. The molecule has 0 fully saturated rings. The monoisotopic (exact) mass is 367 g/mol. The lowest BCUT2D eigenvalue weighted by atomic mass is 10.2. The quantitative estimate of drug-likeness (QED) is 0.726. The van der Waals surface area contributed by atoms with E-state index in [4.69, 9.17) is 4.74 Å². The molecule has 1 heterocycles. The Morgan fingerprint density at radius 3 is 2.67 bits per heavy atom. The third-order valence-corrected chi connectivity index (χ3v) is 3.91. The molecule has 27 heavy (non-hydrogen) atoms. The van der Waals surface area contributed by atoms with Gasteiger partial charge in [0.05, 0.1) is 13.7 Å². The highest BCUT2D eigenvalue weighted by Gasteiger charge is 2.10. The highest BCUT2D eigenvalue weighted by Crippen LogP contribution is 2.12. The first-order valence-corrected chi connectivity index (χ1v) is 8.29. The van der Waals surface area contributed by atoms with E-state index in [0.29, 0.717) is 17.9 Å². The number of ether oxygens (including phenoxy) is 1. The number of carbonyl (C=O) groups excluding carboxylic acids is 1. The standard InChI is InChI=1S/C20H18FN3O3/c1-27-17-7-3-4-14(11-17)12-22-20(26)18-8-9-19(25)24(23-18)13-15-5-2-6-16(21)10-15/h2-11H,12-13H2,1H3,(H,22,26). The maximum absolute atomic E-state index is 13.3. The van der Waals surface area contributed by atoms with Gasteiger partial charge in [-0.05, 0) is 41.5 Å². The molecule has 0 saturated heterocycles. The molecule has 1 aromatic heterocycles. The second-order valence-corrected chi connectivity index (χ2v) is 5.88. The summed E-state index contributed by atoms with van der Waals surface area (Å²) < 4.78 is 19.6. The number of nitrogens with one attached hydrogen (secondary N) is 1. The van der Waals surface area contributed by atoms with Gasteiger partial charge in [-0.1, -0.05) is 24.3 Å². The number of methoxy groups -OCH3 is 1. The van der Waals surface area contributed by atoms with E-state index in [0.717, 1.165) is 10.2 Å². The summed E-state index contributed by atoms with van der Waals surface area (Å²) in [6.45, 7) is 0.369. The molecule has 0 atom stereocenters. The summed E-state index contributed by atoms with van der Waals surface area (Å²) in [5.41, 5.74) is 1.19. The predicted octanol–water partition coefficient (Wildman–Crippen LogP) is 2.37. The van der Waals surface area contributed by atoms with E-state index in [9.17, 15) is 14.0 Å². The van der Waals surface area contributed by atoms with Gasteiger partial charge >= 0.3 is 0 Å². The van der Waals surface area contributed by atoms with Gasteiger partial charge in [0.1, 0.15) is 17.3 Å². The Bertz CT molecular complexity index is 1020. The van der Waals surface area contributed by atoms with E-state index in [-0.39, 0.29) is 17.8 Å². The minimum absolute atomic E-state index is 0.0770. The summed E-state index contributed by atoms with van der Waals surface area (Å²) in [7, 11) is 1.57. The summed E-state index contributed by atoms with van der Waals surface area (Å²) in [4.78, 5) is 24.4. The van der Waals surface area contributed by atoms with Crippen molar-refractivity contribution in [1.82, 2.24) is 15.1 Å². The van der Waals surface area contributed by atoms with Gasteiger partial charge in [-0.2, -0.15) is 5.10 Å². The lowest BCUT2D eigenvalue weighted by molar-refractivity contribution is 0.0943. The molecule has 0 saturated carbocycles. The van der Waals surface area contributed by atoms with Crippen LogP contribution in [0, 0.1) is 5.82 Å². The summed E-state index contributed by atoms with van der Waals surface area (Å²) in [5, 5.41) is 6.84. The highest BCUT2D eigenvalue weighted by molar-refractivity contribution is 5.91. The summed E-state index contributed by atoms with van der Waals surface area (Å²) >= 11 is 0. The lowest BCUT2D eigenvalue weighted by Crippen LogP contribution is -2.29. The smallest absolute Gasteiger partial charge is 0.271 e. The van der Waals surface area contributed by atoms with Gasteiger partial charge in [0.15, 0.2) is 0 Å². The van der Waals surface area contributed by atoms with Crippen LogP contribution in [0.2, 0.25) is 0 Å². The summed E-state index contributed by atoms with van der Waals surface area (Å²) in [6.07, 6.45) is 0. The van der Waals surface area contributed by atoms with E-state index < -0.39 is 11.7 Å². The molecule has 2 aromatic carbocycles. The molecule has 0 aliphatic carbocycles. The molecule has 138 valence electrons. The lowest BCUT2D eigenvalue weighted by Gasteiger charge is -2.09. The molecule has 1 N–H and O–H groups in total. The van der Waals surface area contributed by atoms with E-state index in [1.165, 1.54) is 24.3 Å². The van der Waals surface area contributed by atoms with Crippen LogP contribution in [0.4, 0.5) is 4.39 Å². The highest BCUT2D eigenvalue weighted by atomic mass is 19.1. The first-order chi connectivity index (χ1) is 13.0. The zero-order valence-electron chi connectivity index (χ0n) is 14.7. The molecule has 0 spiro atoms. The van der Waals surface area contributed by atoms with Crippen LogP contribution in [-0.2, 0) is 13.1 Å². The van der Waals surface area contributed by atoms with Gasteiger partial charge in [0, 0.05) is 12.6 Å². The minimum atomic E-state index is -0.411. The SMILES string of the molecule is COc1cccc(CNC(=O)c2ccc(=O)n(Cc3cccc(F)c3)n2)c1. The largest absolute Gasteiger partial charge is 0.497 e. The van der Waals surface area contributed by atoms with Crippen molar-refractivity contribution in [1.29, 1.82) is 0 Å². The van der Waals surface area contributed by atoms with Crippen molar-refractivity contribution < 1.29 is 13.9 Å². The average Bonchev–Trinajstić information content (AvgIpc) is 2.68. The zero-order valence-corrected chi connectivity index (χ0v) is 14.7. The van der Waals surface area contributed by atoms with Crippen LogP contribution in [0.25, 0.3) is 0 Å². The van der Waals surface area contributed by atoms with Gasteiger partial charge in [0.25, 0.3) is 11.5 Å². The van der Waals surface area contributed by atoms with Crippen molar-refractivity contribution >= 4 is 5.91 Å². The van der Waals surface area contributed by atoms with Crippen LogP contribution in [0.3, 0.4) is 0 Å². The number of rotatable bonds is 6. The number of amides is 1. The number of aromatic nitrogens is 2. The number of hydrogen-bond acceptors (Lipinski definition) is 4. The van der Waals surface area contributed by atoms with Gasteiger partial charge in [-0.15, -0.1) is 0 Å². The van der Waals surface area contributed by atoms with Crippen molar-refractivity contribution in [3.8, 4) is 5.75 Å². The predicted molar refractivity (Wildman–Crippen MR) is 98.2 cm³/mol. The van der Waals surface area contributed by atoms with Gasteiger partial charge in [-0.25, -0.2) is 9.07 Å². The third kappa shape index (κ3) is 4.78. The number of halogens is 1. The fourth-order valence-electron chi connectivity index (χ4n) is 2.55. The van der Waals surface area contributed by atoms with Gasteiger partial charge in [0.2, 0.25) is 0 Å².